The second kappa shape index (κ2) is 7.12. The second-order valence-electron chi connectivity index (χ2n) is 7.22. The number of H-pyrrole nitrogens is 1. The predicted octanol–water partition coefficient (Wildman–Crippen LogP) is 3.28. The average Bonchev–Trinajstić information content (AvgIpc) is 3.41. The number of hydrogen-bond acceptors (Lipinski definition) is 4. The van der Waals surface area contributed by atoms with Crippen LogP contribution in [0, 0.1) is 5.82 Å². The van der Waals surface area contributed by atoms with Crippen molar-refractivity contribution in [2.24, 2.45) is 0 Å². The van der Waals surface area contributed by atoms with Crippen molar-refractivity contribution in [3.8, 4) is 11.3 Å². The van der Waals surface area contributed by atoms with Gasteiger partial charge >= 0.3 is 0 Å². The molecule has 1 fully saturated rings. The molecule has 3 aromatic heterocycles. The van der Waals surface area contributed by atoms with Gasteiger partial charge in [-0.3, -0.25) is 14.3 Å². The van der Waals surface area contributed by atoms with Crippen LogP contribution < -0.4 is 0 Å². The third kappa shape index (κ3) is 3.16. The summed E-state index contributed by atoms with van der Waals surface area (Å²) in [4.78, 5) is 14.8. The molecule has 7 nitrogen and oxygen atoms in total. The molecule has 1 saturated heterocycles. The topological polar surface area (TPSA) is 79.2 Å². The lowest BCUT2D eigenvalue weighted by atomic mass is 9.97. The van der Waals surface area contributed by atoms with Crippen molar-refractivity contribution in [1.29, 1.82) is 0 Å². The van der Waals surface area contributed by atoms with Gasteiger partial charge in [0.05, 0.1) is 5.69 Å². The van der Waals surface area contributed by atoms with E-state index in [4.69, 9.17) is 0 Å². The molecule has 8 heteroatoms. The Morgan fingerprint density at radius 2 is 2.00 bits per heavy atom. The molecule has 4 aromatic rings. The lowest BCUT2D eigenvalue weighted by molar-refractivity contribution is 0.0698. The third-order valence-electron chi connectivity index (χ3n) is 5.37. The molecule has 1 amide bonds. The summed E-state index contributed by atoms with van der Waals surface area (Å²) in [6.45, 7) is 1.22. The summed E-state index contributed by atoms with van der Waals surface area (Å²) in [5, 5.41) is 15.5. The van der Waals surface area contributed by atoms with Crippen molar-refractivity contribution < 1.29 is 9.18 Å². The number of likely N-dealkylation sites (tertiary alicyclic amines) is 1. The van der Waals surface area contributed by atoms with Crippen LogP contribution in [0.4, 0.5) is 4.39 Å². The van der Waals surface area contributed by atoms with Crippen LogP contribution in [0.15, 0.2) is 54.7 Å². The molecule has 1 aliphatic heterocycles. The predicted molar refractivity (Wildman–Crippen MR) is 105 cm³/mol. The number of rotatable bonds is 3. The standard InChI is InChI=1S/C21H19FN6O/c22-16-8-2-1-7-15(16)17-12-18(24-23-17)21(29)27-10-5-6-14(13-27)20-26-25-19-9-3-4-11-28(19)20/h1-4,7-9,11-12,14H,5-6,10,13H2,(H,23,24). The van der Waals surface area contributed by atoms with Gasteiger partial charge in [0.1, 0.15) is 17.3 Å². The number of nitrogens with zero attached hydrogens (tertiary/aromatic N) is 5. The zero-order chi connectivity index (χ0) is 19.8. The molecule has 1 aromatic carbocycles. The summed E-state index contributed by atoms with van der Waals surface area (Å²) >= 11 is 0. The fourth-order valence-corrected chi connectivity index (χ4v) is 3.92. The van der Waals surface area contributed by atoms with Crippen LogP contribution in [0.25, 0.3) is 16.9 Å². The number of hydrogen-bond donors (Lipinski definition) is 1. The van der Waals surface area contributed by atoms with Gasteiger partial charge in [0.15, 0.2) is 5.65 Å². The Bertz CT molecular complexity index is 1180. The maximum absolute atomic E-state index is 14.0. The maximum atomic E-state index is 14.0. The minimum Gasteiger partial charge on any atom is -0.337 e. The molecule has 1 unspecified atom stereocenters. The average molecular weight is 390 g/mol. The summed E-state index contributed by atoms with van der Waals surface area (Å²) in [5.74, 6) is 0.474. The number of carbonyl (C=O) groups is 1. The van der Waals surface area contributed by atoms with E-state index in [0.717, 1.165) is 24.3 Å². The third-order valence-corrected chi connectivity index (χ3v) is 5.37. The van der Waals surface area contributed by atoms with Gasteiger partial charge in [-0.25, -0.2) is 4.39 Å². The highest BCUT2D eigenvalue weighted by Crippen LogP contribution is 2.27. The first-order chi connectivity index (χ1) is 14.2. The maximum Gasteiger partial charge on any atom is 0.271 e. The largest absolute Gasteiger partial charge is 0.337 e. The Labute approximate surface area is 166 Å². The van der Waals surface area contributed by atoms with Crippen LogP contribution in [0.1, 0.15) is 35.1 Å². The Kier molecular flexibility index (Phi) is 4.31. The number of halogens is 1. The molecule has 0 radical (unpaired) electrons. The van der Waals surface area contributed by atoms with E-state index < -0.39 is 0 Å². The summed E-state index contributed by atoms with van der Waals surface area (Å²) < 4.78 is 16.0. The molecule has 0 bridgehead atoms. The molecule has 146 valence electrons. The van der Waals surface area contributed by atoms with Crippen LogP contribution in [-0.2, 0) is 0 Å². The van der Waals surface area contributed by atoms with Crippen LogP contribution in [0.2, 0.25) is 0 Å². The Morgan fingerprint density at radius 1 is 1.14 bits per heavy atom. The van der Waals surface area contributed by atoms with Gasteiger partial charge in [-0.1, -0.05) is 18.2 Å². The number of fused-ring (bicyclic) bond motifs is 1. The summed E-state index contributed by atoms with van der Waals surface area (Å²) in [5.41, 5.74) is 1.95. The zero-order valence-electron chi connectivity index (χ0n) is 15.6. The van der Waals surface area contributed by atoms with Crippen molar-refractivity contribution in [1.82, 2.24) is 29.7 Å². The molecule has 1 atom stereocenters. The van der Waals surface area contributed by atoms with Gasteiger partial charge in [0.2, 0.25) is 0 Å². The molecular formula is C21H19FN6O. The van der Waals surface area contributed by atoms with Gasteiger partial charge in [-0.05, 0) is 43.2 Å². The molecule has 4 heterocycles. The van der Waals surface area contributed by atoms with E-state index >= 15 is 0 Å². The molecule has 1 aliphatic rings. The molecule has 1 N–H and O–H groups in total. The number of piperidine rings is 1. The van der Waals surface area contributed by atoms with Gasteiger partial charge in [-0.2, -0.15) is 5.10 Å². The van der Waals surface area contributed by atoms with E-state index in [9.17, 15) is 9.18 Å². The first-order valence-electron chi connectivity index (χ1n) is 9.60. The van der Waals surface area contributed by atoms with Crippen LogP contribution in [0.3, 0.4) is 0 Å². The lowest BCUT2D eigenvalue weighted by Gasteiger charge is -2.31. The van der Waals surface area contributed by atoms with E-state index in [2.05, 4.69) is 20.4 Å². The van der Waals surface area contributed by atoms with Gasteiger partial charge in [0.25, 0.3) is 5.91 Å². The Morgan fingerprint density at radius 3 is 2.90 bits per heavy atom. The highest BCUT2D eigenvalue weighted by Gasteiger charge is 2.29. The summed E-state index contributed by atoms with van der Waals surface area (Å²) in [6.07, 6.45) is 3.77. The number of amides is 1. The number of benzene rings is 1. The normalized spacial score (nSPS) is 17.0. The Hall–Kier alpha value is -3.55. The highest BCUT2D eigenvalue weighted by atomic mass is 19.1. The van der Waals surface area contributed by atoms with Crippen LogP contribution >= 0.6 is 0 Å². The first-order valence-corrected chi connectivity index (χ1v) is 9.60. The van der Waals surface area contributed by atoms with Gasteiger partial charge in [0, 0.05) is 30.8 Å². The smallest absolute Gasteiger partial charge is 0.271 e. The summed E-state index contributed by atoms with van der Waals surface area (Å²) in [6, 6.07) is 13.8. The lowest BCUT2D eigenvalue weighted by Crippen LogP contribution is -2.39. The number of aromatic amines is 1. The minimum atomic E-state index is -0.366. The molecule has 29 heavy (non-hydrogen) atoms. The van der Waals surface area contributed by atoms with Gasteiger partial charge < -0.3 is 4.90 Å². The summed E-state index contributed by atoms with van der Waals surface area (Å²) in [7, 11) is 0. The van der Waals surface area contributed by atoms with Crippen LogP contribution in [0.5, 0.6) is 0 Å². The number of aromatic nitrogens is 5. The van der Waals surface area contributed by atoms with Crippen LogP contribution in [-0.4, -0.2) is 48.7 Å². The number of nitrogens with one attached hydrogen (secondary N) is 1. The number of carbonyl (C=O) groups excluding carboxylic acids is 1. The molecular weight excluding hydrogens is 371 g/mol. The van der Waals surface area contributed by atoms with Crippen molar-refractivity contribution in [2.75, 3.05) is 13.1 Å². The zero-order valence-corrected chi connectivity index (χ0v) is 15.6. The molecule has 0 aliphatic carbocycles. The minimum absolute atomic E-state index is 0.110. The van der Waals surface area contributed by atoms with E-state index in [1.807, 2.05) is 28.8 Å². The van der Waals surface area contributed by atoms with Crippen molar-refractivity contribution in [2.45, 2.75) is 18.8 Å². The molecule has 0 spiro atoms. The SMILES string of the molecule is O=C(c1cc(-c2ccccc2F)n[nH]1)N1CCCC(c2nnc3ccccn23)C1. The number of pyridine rings is 1. The van der Waals surface area contributed by atoms with Crippen molar-refractivity contribution in [3.05, 3.63) is 72.1 Å². The second-order valence-corrected chi connectivity index (χ2v) is 7.22. The fourth-order valence-electron chi connectivity index (χ4n) is 3.92. The van der Waals surface area contributed by atoms with E-state index in [1.54, 1.807) is 29.2 Å². The van der Waals surface area contributed by atoms with Crippen molar-refractivity contribution >= 4 is 11.6 Å². The van der Waals surface area contributed by atoms with E-state index in [1.165, 1.54) is 6.07 Å². The highest BCUT2D eigenvalue weighted by molar-refractivity contribution is 5.93. The monoisotopic (exact) mass is 390 g/mol. The van der Waals surface area contributed by atoms with Gasteiger partial charge in [-0.15, -0.1) is 10.2 Å². The molecule has 5 rings (SSSR count). The van der Waals surface area contributed by atoms with E-state index in [0.29, 0.717) is 30.0 Å². The Balaban J connectivity index is 1.37. The fraction of sp³-hybridized carbons (Fsp3) is 0.238. The first kappa shape index (κ1) is 17.5. The van der Waals surface area contributed by atoms with E-state index in [-0.39, 0.29) is 17.6 Å². The van der Waals surface area contributed by atoms with Crippen molar-refractivity contribution in [3.63, 3.8) is 0 Å². The molecule has 0 saturated carbocycles. The quantitative estimate of drug-likeness (QED) is 0.582.